The van der Waals surface area contributed by atoms with Crippen LogP contribution in [0.1, 0.15) is 30.6 Å². The van der Waals surface area contributed by atoms with Gasteiger partial charge in [-0.2, -0.15) is 0 Å². The monoisotopic (exact) mass is 305 g/mol. The maximum atomic E-state index is 12.1. The summed E-state index contributed by atoms with van der Waals surface area (Å²) >= 11 is 0. The van der Waals surface area contributed by atoms with E-state index in [0.717, 1.165) is 0 Å². The summed E-state index contributed by atoms with van der Waals surface area (Å²) in [5.74, 6) is -1.41. The van der Waals surface area contributed by atoms with E-state index >= 15 is 0 Å². The van der Waals surface area contributed by atoms with Crippen molar-refractivity contribution in [3.8, 4) is 0 Å². The van der Waals surface area contributed by atoms with Gasteiger partial charge in [0.2, 0.25) is 5.91 Å². The number of rotatable bonds is 5. The molecule has 1 aliphatic rings. The van der Waals surface area contributed by atoms with Crippen molar-refractivity contribution in [2.45, 2.75) is 20.3 Å². The molecule has 118 valence electrons. The first-order valence-electron chi connectivity index (χ1n) is 7.31. The smallest absolute Gasteiger partial charge is 0.338 e. The highest BCUT2D eigenvalue weighted by Gasteiger charge is 2.36. The SMILES string of the molecule is CCOC(=O)c1cccc(N2C[C@H](C(=O)OCC)CC2=O)c1. The number of hydrogen-bond donors (Lipinski definition) is 0. The van der Waals surface area contributed by atoms with Gasteiger partial charge in [0.05, 0.1) is 24.7 Å². The van der Waals surface area contributed by atoms with Crippen LogP contribution in [0.2, 0.25) is 0 Å². The molecule has 0 spiro atoms. The second-order valence-corrected chi connectivity index (χ2v) is 4.93. The molecular formula is C16H19NO5. The molecule has 0 aliphatic carbocycles. The molecule has 1 aromatic rings. The number of carbonyl (C=O) groups is 3. The Morgan fingerprint density at radius 1 is 1.23 bits per heavy atom. The molecule has 0 saturated carbocycles. The minimum Gasteiger partial charge on any atom is -0.466 e. The molecule has 0 bridgehead atoms. The van der Waals surface area contributed by atoms with Crippen LogP contribution in [0.15, 0.2) is 24.3 Å². The number of carbonyl (C=O) groups excluding carboxylic acids is 3. The van der Waals surface area contributed by atoms with Crippen LogP contribution in [-0.2, 0) is 19.1 Å². The van der Waals surface area contributed by atoms with Crippen molar-refractivity contribution in [1.29, 1.82) is 0 Å². The molecule has 1 atom stereocenters. The number of benzene rings is 1. The summed E-state index contributed by atoms with van der Waals surface area (Å²) in [6, 6.07) is 6.65. The van der Waals surface area contributed by atoms with Gasteiger partial charge in [-0.25, -0.2) is 4.79 Å². The van der Waals surface area contributed by atoms with Gasteiger partial charge in [0.15, 0.2) is 0 Å². The number of nitrogens with zero attached hydrogens (tertiary/aromatic N) is 1. The molecule has 0 N–H and O–H groups in total. The summed E-state index contributed by atoms with van der Waals surface area (Å²) in [5.41, 5.74) is 0.967. The number of hydrogen-bond acceptors (Lipinski definition) is 5. The van der Waals surface area contributed by atoms with Crippen molar-refractivity contribution in [3.63, 3.8) is 0 Å². The molecule has 1 amide bonds. The molecular weight excluding hydrogens is 286 g/mol. The van der Waals surface area contributed by atoms with E-state index in [1.807, 2.05) is 0 Å². The zero-order valence-corrected chi connectivity index (χ0v) is 12.7. The summed E-state index contributed by atoms with van der Waals surface area (Å²) in [6.07, 6.45) is 0.127. The van der Waals surface area contributed by atoms with Gasteiger partial charge >= 0.3 is 11.9 Å². The lowest BCUT2D eigenvalue weighted by molar-refractivity contribution is -0.147. The summed E-state index contributed by atoms with van der Waals surface area (Å²) in [4.78, 5) is 37.1. The Bertz CT molecular complexity index is 584. The van der Waals surface area contributed by atoms with E-state index in [0.29, 0.717) is 17.9 Å². The van der Waals surface area contributed by atoms with Gasteiger partial charge in [-0.05, 0) is 32.0 Å². The lowest BCUT2D eigenvalue weighted by atomic mass is 10.1. The maximum Gasteiger partial charge on any atom is 0.338 e. The fourth-order valence-corrected chi connectivity index (χ4v) is 2.39. The van der Waals surface area contributed by atoms with Crippen LogP contribution in [0.3, 0.4) is 0 Å². The molecule has 6 heteroatoms. The van der Waals surface area contributed by atoms with Crippen molar-refractivity contribution in [1.82, 2.24) is 0 Å². The third kappa shape index (κ3) is 3.44. The zero-order chi connectivity index (χ0) is 16.1. The second-order valence-electron chi connectivity index (χ2n) is 4.93. The molecule has 22 heavy (non-hydrogen) atoms. The molecule has 2 rings (SSSR count). The Kier molecular flexibility index (Phi) is 5.14. The lowest BCUT2D eigenvalue weighted by Gasteiger charge is -2.17. The van der Waals surface area contributed by atoms with Crippen molar-refractivity contribution in [2.24, 2.45) is 5.92 Å². The minimum atomic E-state index is -0.460. The van der Waals surface area contributed by atoms with E-state index in [4.69, 9.17) is 9.47 Å². The Hall–Kier alpha value is -2.37. The summed E-state index contributed by atoms with van der Waals surface area (Å²) in [6.45, 7) is 4.31. The van der Waals surface area contributed by atoms with Gasteiger partial charge in [-0.3, -0.25) is 9.59 Å². The molecule has 0 radical (unpaired) electrons. The van der Waals surface area contributed by atoms with Gasteiger partial charge in [-0.1, -0.05) is 6.07 Å². The average molecular weight is 305 g/mol. The summed E-state index contributed by atoms with van der Waals surface area (Å²) in [7, 11) is 0. The van der Waals surface area contributed by atoms with Crippen molar-refractivity contribution in [2.75, 3.05) is 24.7 Å². The molecule has 1 heterocycles. The fourth-order valence-electron chi connectivity index (χ4n) is 2.39. The highest BCUT2D eigenvalue weighted by atomic mass is 16.5. The topological polar surface area (TPSA) is 72.9 Å². The van der Waals surface area contributed by atoms with E-state index < -0.39 is 11.9 Å². The molecule has 1 saturated heterocycles. The van der Waals surface area contributed by atoms with E-state index in [1.54, 1.807) is 38.1 Å². The zero-order valence-electron chi connectivity index (χ0n) is 12.7. The summed E-state index contributed by atoms with van der Waals surface area (Å²) in [5, 5.41) is 0. The Labute approximate surface area is 129 Å². The molecule has 6 nitrogen and oxygen atoms in total. The van der Waals surface area contributed by atoms with Crippen molar-refractivity contribution >= 4 is 23.5 Å². The standard InChI is InChI=1S/C16H19NO5/c1-3-21-15(19)11-6-5-7-13(8-11)17-10-12(9-14(17)18)16(20)22-4-2/h5-8,12H,3-4,9-10H2,1-2H3/t12-/m1/s1. The Morgan fingerprint density at radius 3 is 2.64 bits per heavy atom. The summed E-state index contributed by atoms with van der Waals surface area (Å²) < 4.78 is 9.91. The van der Waals surface area contributed by atoms with Crippen LogP contribution in [0.4, 0.5) is 5.69 Å². The van der Waals surface area contributed by atoms with Crippen LogP contribution in [0.25, 0.3) is 0 Å². The Balaban J connectivity index is 2.15. The third-order valence-corrected chi connectivity index (χ3v) is 3.41. The Morgan fingerprint density at radius 2 is 1.95 bits per heavy atom. The average Bonchev–Trinajstić information content (AvgIpc) is 2.90. The first-order chi connectivity index (χ1) is 10.6. The molecule has 1 fully saturated rings. The lowest BCUT2D eigenvalue weighted by Crippen LogP contribution is -2.26. The molecule has 0 aromatic heterocycles. The van der Waals surface area contributed by atoms with E-state index in [2.05, 4.69) is 0 Å². The maximum absolute atomic E-state index is 12.1. The molecule has 1 aliphatic heterocycles. The van der Waals surface area contributed by atoms with Gasteiger partial charge in [0, 0.05) is 18.7 Å². The van der Waals surface area contributed by atoms with Crippen LogP contribution < -0.4 is 4.90 Å². The van der Waals surface area contributed by atoms with Gasteiger partial charge in [0.25, 0.3) is 0 Å². The fraction of sp³-hybridized carbons (Fsp3) is 0.438. The largest absolute Gasteiger partial charge is 0.466 e. The van der Waals surface area contributed by atoms with Crippen LogP contribution in [0.5, 0.6) is 0 Å². The van der Waals surface area contributed by atoms with Crippen LogP contribution in [0, 0.1) is 5.92 Å². The van der Waals surface area contributed by atoms with Crippen molar-refractivity contribution in [3.05, 3.63) is 29.8 Å². The highest BCUT2D eigenvalue weighted by molar-refractivity contribution is 6.00. The van der Waals surface area contributed by atoms with Crippen LogP contribution >= 0.6 is 0 Å². The number of ether oxygens (including phenoxy) is 2. The van der Waals surface area contributed by atoms with E-state index in [9.17, 15) is 14.4 Å². The van der Waals surface area contributed by atoms with Crippen LogP contribution in [-0.4, -0.2) is 37.6 Å². The third-order valence-electron chi connectivity index (χ3n) is 3.41. The second kappa shape index (κ2) is 7.06. The number of esters is 2. The van der Waals surface area contributed by atoms with Crippen molar-refractivity contribution < 1.29 is 23.9 Å². The predicted molar refractivity (Wildman–Crippen MR) is 79.5 cm³/mol. The molecule has 1 aromatic carbocycles. The predicted octanol–water partition coefficient (Wildman–Crippen LogP) is 1.78. The minimum absolute atomic E-state index is 0.127. The van der Waals surface area contributed by atoms with Gasteiger partial charge in [0.1, 0.15) is 0 Å². The van der Waals surface area contributed by atoms with E-state index in [-0.39, 0.29) is 31.4 Å². The normalized spacial score (nSPS) is 17.5. The number of amides is 1. The first-order valence-corrected chi connectivity index (χ1v) is 7.31. The quantitative estimate of drug-likeness (QED) is 0.775. The highest BCUT2D eigenvalue weighted by Crippen LogP contribution is 2.26. The van der Waals surface area contributed by atoms with Gasteiger partial charge < -0.3 is 14.4 Å². The van der Waals surface area contributed by atoms with E-state index in [1.165, 1.54) is 4.90 Å². The molecule has 0 unspecified atom stereocenters. The van der Waals surface area contributed by atoms with Gasteiger partial charge in [-0.15, -0.1) is 0 Å². The number of anilines is 1. The first kappa shape index (κ1) is 16.0.